The number of nitrogens with one attached hydrogen (secondary N) is 1. The summed E-state index contributed by atoms with van der Waals surface area (Å²) in [4.78, 5) is 27.2. The molecule has 0 radical (unpaired) electrons. The van der Waals surface area contributed by atoms with E-state index in [1.54, 1.807) is 11.9 Å². The van der Waals surface area contributed by atoms with Crippen LogP contribution in [0.3, 0.4) is 0 Å². The van der Waals surface area contributed by atoms with Gasteiger partial charge in [0, 0.05) is 19.3 Å². The number of amides is 3. The van der Waals surface area contributed by atoms with Crippen LogP contribution in [0.25, 0.3) is 0 Å². The molecule has 3 amide bonds. The predicted octanol–water partition coefficient (Wildman–Crippen LogP) is 0.783. The molecule has 1 atom stereocenters. The molecule has 0 saturated carbocycles. The number of nitrogens with two attached hydrogens (primary N) is 1. The lowest BCUT2D eigenvalue weighted by Gasteiger charge is -2.38. The average molecular weight is 368 g/mol. The summed E-state index contributed by atoms with van der Waals surface area (Å²) in [5.74, 6) is 0. The van der Waals surface area contributed by atoms with Crippen molar-refractivity contribution in [3.8, 4) is 0 Å². The summed E-state index contributed by atoms with van der Waals surface area (Å²) in [5, 5.41) is 7.76. The van der Waals surface area contributed by atoms with Gasteiger partial charge in [0.15, 0.2) is 0 Å². The van der Waals surface area contributed by atoms with E-state index < -0.39 is 15.6 Å². The molecule has 1 spiro atoms. The molecule has 1 aromatic carbocycles. The minimum atomic E-state index is -3.77. The molecule has 3 N–H and O–H groups in total. The molecular weight excluding hydrogens is 348 g/mol. The van der Waals surface area contributed by atoms with Crippen LogP contribution in [0, 0.1) is 0 Å². The average Bonchev–Trinajstić information content (AvgIpc) is 2.80. The molecule has 2 aliphatic rings. The van der Waals surface area contributed by atoms with Crippen molar-refractivity contribution in [1.82, 2.24) is 9.80 Å². The van der Waals surface area contributed by atoms with Gasteiger partial charge in [-0.3, -0.25) is 0 Å². The summed E-state index contributed by atoms with van der Waals surface area (Å²) >= 11 is 0. The first-order valence-electron chi connectivity index (χ1n) is 7.81. The summed E-state index contributed by atoms with van der Waals surface area (Å²) in [5.41, 5.74) is -0.198. The molecule has 0 aliphatic carbocycles. The Kier molecular flexibility index (Phi) is 4.33. The Morgan fingerprint density at radius 2 is 1.96 bits per heavy atom. The molecule has 2 saturated heterocycles. The van der Waals surface area contributed by atoms with Gasteiger partial charge in [0.05, 0.1) is 18.0 Å². The number of nitrogens with zero attached hydrogens (tertiary/aromatic N) is 2. The molecule has 1 unspecified atom stereocenters. The summed E-state index contributed by atoms with van der Waals surface area (Å²) in [7, 11) is -2.10. The van der Waals surface area contributed by atoms with E-state index in [9.17, 15) is 18.0 Å². The second-order valence-electron chi connectivity index (χ2n) is 6.43. The normalized spacial score (nSPS) is 23.7. The van der Waals surface area contributed by atoms with Gasteiger partial charge in [-0.15, -0.1) is 0 Å². The number of urea groups is 1. The Hall–Kier alpha value is -2.33. The third-order valence-corrected chi connectivity index (χ3v) is 5.33. The van der Waals surface area contributed by atoms with Crippen molar-refractivity contribution in [2.24, 2.45) is 5.14 Å². The minimum absolute atomic E-state index is 0.0247. The zero-order valence-corrected chi connectivity index (χ0v) is 14.6. The number of hydrogen-bond donors (Lipinski definition) is 2. The van der Waals surface area contributed by atoms with E-state index in [-0.39, 0.29) is 17.0 Å². The number of anilines is 1. The second-order valence-corrected chi connectivity index (χ2v) is 7.99. The number of carbonyl (C=O) groups is 2. The lowest BCUT2D eigenvalue weighted by atomic mass is 9.93. The SMILES string of the molecule is CN1CC2(CCCN(C(=O)Nc3ccc(S(N)(=O)=O)cc3)C2)OC1=O. The van der Waals surface area contributed by atoms with Gasteiger partial charge >= 0.3 is 12.1 Å². The van der Waals surface area contributed by atoms with Gasteiger partial charge in [-0.05, 0) is 37.1 Å². The van der Waals surface area contributed by atoms with Crippen LogP contribution in [-0.4, -0.2) is 62.6 Å². The minimum Gasteiger partial charge on any atom is -0.439 e. The summed E-state index contributed by atoms with van der Waals surface area (Å²) in [6.07, 6.45) is 1.08. The molecular formula is C15H20N4O5S. The van der Waals surface area contributed by atoms with E-state index >= 15 is 0 Å². The van der Waals surface area contributed by atoms with Crippen LogP contribution in [0.2, 0.25) is 0 Å². The van der Waals surface area contributed by atoms with Gasteiger partial charge in [-0.2, -0.15) is 0 Å². The number of carbonyl (C=O) groups excluding carboxylic acids is 2. The Morgan fingerprint density at radius 1 is 1.28 bits per heavy atom. The van der Waals surface area contributed by atoms with Gasteiger partial charge in [0.1, 0.15) is 5.60 Å². The van der Waals surface area contributed by atoms with E-state index in [0.717, 1.165) is 12.8 Å². The number of rotatable bonds is 2. The van der Waals surface area contributed by atoms with E-state index in [4.69, 9.17) is 9.88 Å². The highest BCUT2D eigenvalue weighted by Crippen LogP contribution is 2.31. The van der Waals surface area contributed by atoms with Gasteiger partial charge < -0.3 is 19.9 Å². The zero-order chi connectivity index (χ0) is 18.2. The molecule has 3 rings (SSSR count). The Morgan fingerprint density at radius 3 is 2.52 bits per heavy atom. The number of sulfonamides is 1. The highest BCUT2D eigenvalue weighted by atomic mass is 32.2. The van der Waals surface area contributed by atoms with Crippen LogP contribution in [0.15, 0.2) is 29.2 Å². The van der Waals surface area contributed by atoms with Crippen molar-refractivity contribution in [2.45, 2.75) is 23.3 Å². The molecule has 1 aromatic rings. The van der Waals surface area contributed by atoms with Crippen LogP contribution >= 0.6 is 0 Å². The van der Waals surface area contributed by atoms with Crippen LogP contribution in [0.1, 0.15) is 12.8 Å². The molecule has 9 nitrogen and oxygen atoms in total. The fraction of sp³-hybridized carbons (Fsp3) is 0.467. The monoisotopic (exact) mass is 368 g/mol. The number of piperidine rings is 1. The first-order chi connectivity index (χ1) is 11.7. The van der Waals surface area contributed by atoms with Crippen molar-refractivity contribution in [1.29, 1.82) is 0 Å². The lowest BCUT2D eigenvalue weighted by Crippen LogP contribution is -2.53. The van der Waals surface area contributed by atoms with Gasteiger partial charge in [0.2, 0.25) is 10.0 Å². The van der Waals surface area contributed by atoms with Gasteiger partial charge in [-0.25, -0.2) is 23.1 Å². The first kappa shape index (κ1) is 17.5. The molecule has 25 heavy (non-hydrogen) atoms. The smallest absolute Gasteiger partial charge is 0.410 e. The maximum absolute atomic E-state index is 12.5. The van der Waals surface area contributed by atoms with Crippen LogP contribution < -0.4 is 10.5 Å². The summed E-state index contributed by atoms with van der Waals surface area (Å²) < 4.78 is 28.0. The van der Waals surface area contributed by atoms with E-state index in [1.807, 2.05) is 0 Å². The van der Waals surface area contributed by atoms with Crippen molar-refractivity contribution in [3.05, 3.63) is 24.3 Å². The fourth-order valence-electron chi connectivity index (χ4n) is 3.21. The van der Waals surface area contributed by atoms with E-state index in [1.165, 1.54) is 29.2 Å². The molecule has 0 aromatic heterocycles. The van der Waals surface area contributed by atoms with Crippen molar-refractivity contribution in [2.75, 3.05) is 32.0 Å². The van der Waals surface area contributed by atoms with Crippen molar-refractivity contribution < 1.29 is 22.7 Å². The van der Waals surface area contributed by atoms with Crippen LogP contribution in [-0.2, 0) is 14.8 Å². The lowest BCUT2D eigenvalue weighted by molar-refractivity contribution is 0.00497. The number of benzene rings is 1. The largest absolute Gasteiger partial charge is 0.439 e. The van der Waals surface area contributed by atoms with E-state index in [2.05, 4.69) is 5.32 Å². The maximum atomic E-state index is 12.5. The number of likely N-dealkylation sites (N-methyl/N-ethyl adjacent to an activating group) is 1. The predicted molar refractivity (Wildman–Crippen MR) is 89.5 cm³/mol. The number of ether oxygens (including phenoxy) is 1. The van der Waals surface area contributed by atoms with Crippen molar-refractivity contribution >= 4 is 27.8 Å². The second kappa shape index (κ2) is 6.19. The van der Waals surface area contributed by atoms with E-state index in [0.29, 0.717) is 25.3 Å². The Balaban J connectivity index is 1.66. The third-order valence-electron chi connectivity index (χ3n) is 4.40. The molecule has 136 valence electrons. The van der Waals surface area contributed by atoms with Crippen LogP contribution in [0.4, 0.5) is 15.3 Å². The van der Waals surface area contributed by atoms with Gasteiger partial charge in [-0.1, -0.05) is 0 Å². The highest BCUT2D eigenvalue weighted by molar-refractivity contribution is 7.89. The first-order valence-corrected chi connectivity index (χ1v) is 9.36. The molecule has 10 heteroatoms. The number of likely N-dealkylation sites (tertiary alicyclic amines) is 1. The molecule has 2 aliphatic heterocycles. The molecule has 2 heterocycles. The summed E-state index contributed by atoms with van der Waals surface area (Å²) in [6, 6.07) is 5.28. The molecule has 0 bridgehead atoms. The zero-order valence-electron chi connectivity index (χ0n) is 13.8. The highest BCUT2D eigenvalue weighted by Gasteiger charge is 2.47. The Bertz CT molecular complexity index is 795. The number of hydrogen-bond acceptors (Lipinski definition) is 5. The number of primary sulfonamides is 1. The standard InChI is InChI=1S/C15H20N4O5S/c1-18-9-15(24-14(18)21)7-2-8-19(10-15)13(20)17-11-3-5-12(6-4-11)25(16,22)23/h3-6H,2,7-10H2,1H3,(H,17,20)(H2,16,22,23). The molecule has 2 fully saturated rings. The van der Waals surface area contributed by atoms with Crippen LogP contribution in [0.5, 0.6) is 0 Å². The Labute approximate surface area is 145 Å². The fourth-order valence-corrected chi connectivity index (χ4v) is 3.72. The van der Waals surface area contributed by atoms with Crippen molar-refractivity contribution in [3.63, 3.8) is 0 Å². The quantitative estimate of drug-likeness (QED) is 0.799. The summed E-state index contributed by atoms with van der Waals surface area (Å²) in [6.45, 7) is 1.34. The topological polar surface area (TPSA) is 122 Å². The maximum Gasteiger partial charge on any atom is 0.410 e. The third kappa shape index (κ3) is 3.69. The van der Waals surface area contributed by atoms with Gasteiger partial charge in [0.25, 0.3) is 0 Å².